The van der Waals surface area contributed by atoms with Gasteiger partial charge >= 0.3 is 0 Å². The number of hydrogen-bond donors (Lipinski definition) is 1. The number of hydrogen-bond acceptors (Lipinski definition) is 4. The van der Waals surface area contributed by atoms with Crippen molar-refractivity contribution in [2.45, 2.75) is 6.92 Å². The zero-order valence-corrected chi connectivity index (χ0v) is 13.7. The van der Waals surface area contributed by atoms with Crippen LogP contribution >= 0.6 is 11.6 Å². The van der Waals surface area contributed by atoms with Crippen LogP contribution in [0.5, 0.6) is 0 Å². The maximum atomic E-state index is 6.18. The van der Waals surface area contributed by atoms with Gasteiger partial charge in [-0.05, 0) is 31.2 Å². The summed E-state index contributed by atoms with van der Waals surface area (Å²) in [7, 11) is 1.98. The molecule has 3 rings (SSSR count). The van der Waals surface area contributed by atoms with Crippen molar-refractivity contribution >= 4 is 34.7 Å². The van der Waals surface area contributed by atoms with E-state index in [0.717, 1.165) is 22.9 Å². The van der Waals surface area contributed by atoms with Crippen LogP contribution in [0.3, 0.4) is 0 Å². The van der Waals surface area contributed by atoms with Crippen molar-refractivity contribution in [3.63, 3.8) is 0 Å². The Bertz CT molecular complexity index is 805. The van der Waals surface area contributed by atoms with Gasteiger partial charge in [0.2, 0.25) is 5.95 Å². The Morgan fingerprint density at radius 2 is 1.65 bits per heavy atom. The average Bonchev–Trinajstić information content (AvgIpc) is 2.56. The van der Waals surface area contributed by atoms with Crippen LogP contribution in [0.1, 0.15) is 5.69 Å². The van der Waals surface area contributed by atoms with E-state index in [9.17, 15) is 0 Å². The van der Waals surface area contributed by atoms with Crippen LogP contribution in [-0.4, -0.2) is 17.0 Å². The molecule has 5 heteroatoms. The van der Waals surface area contributed by atoms with E-state index < -0.39 is 0 Å². The largest absolute Gasteiger partial charge is 0.329 e. The molecular formula is C18H17ClN4. The van der Waals surface area contributed by atoms with Crippen molar-refractivity contribution < 1.29 is 0 Å². The highest BCUT2D eigenvalue weighted by Crippen LogP contribution is 2.26. The van der Waals surface area contributed by atoms with Crippen molar-refractivity contribution in [2.24, 2.45) is 0 Å². The van der Waals surface area contributed by atoms with Gasteiger partial charge in [0.15, 0.2) is 0 Å². The molecule has 0 bridgehead atoms. The molecular weight excluding hydrogens is 308 g/mol. The average molecular weight is 325 g/mol. The molecule has 0 spiro atoms. The number of rotatable bonds is 4. The van der Waals surface area contributed by atoms with Gasteiger partial charge in [-0.25, -0.2) is 4.98 Å². The zero-order chi connectivity index (χ0) is 16.2. The van der Waals surface area contributed by atoms with E-state index >= 15 is 0 Å². The van der Waals surface area contributed by atoms with Crippen molar-refractivity contribution in [1.29, 1.82) is 0 Å². The lowest BCUT2D eigenvalue weighted by Gasteiger charge is -2.19. The number of benzene rings is 2. The Labute approximate surface area is 140 Å². The highest BCUT2D eigenvalue weighted by atomic mass is 35.5. The molecule has 4 nitrogen and oxygen atoms in total. The van der Waals surface area contributed by atoms with Crippen LogP contribution in [0.25, 0.3) is 0 Å². The quantitative estimate of drug-likeness (QED) is 0.737. The SMILES string of the molecule is Cc1cc(N(C)c2ccccc2)nc(Nc2ccccc2Cl)n1. The fourth-order valence-corrected chi connectivity index (χ4v) is 2.43. The summed E-state index contributed by atoms with van der Waals surface area (Å²) in [5.41, 5.74) is 2.73. The Morgan fingerprint density at radius 1 is 0.957 bits per heavy atom. The van der Waals surface area contributed by atoms with Gasteiger partial charge in [0.05, 0.1) is 10.7 Å². The van der Waals surface area contributed by atoms with Gasteiger partial charge in [-0.15, -0.1) is 0 Å². The van der Waals surface area contributed by atoms with Crippen LogP contribution in [0, 0.1) is 6.92 Å². The van der Waals surface area contributed by atoms with E-state index in [0.29, 0.717) is 11.0 Å². The standard InChI is InChI=1S/C18H17ClN4/c1-13-12-17(23(2)14-8-4-3-5-9-14)22-18(20-13)21-16-11-7-6-10-15(16)19/h3-12H,1-2H3,(H,20,21,22). The van der Waals surface area contributed by atoms with E-state index in [1.165, 1.54) is 0 Å². The minimum Gasteiger partial charge on any atom is -0.329 e. The molecule has 0 amide bonds. The number of aryl methyl sites for hydroxylation is 1. The van der Waals surface area contributed by atoms with Crippen molar-refractivity contribution in [2.75, 3.05) is 17.3 Å². The summed E-state index contributed by atoms with van der Waals surface area (Å²) in [6.07, 6.45) is 0. The van der Waals surface area contributed by atoms with Gasteiger partial charge < -0.3 is 10.2 Å². The van der Waals surface area contributed by atoms with Crippen LogP contribution in [0.4, 0.5) is 23.1 Å². The Hall–Kier alpha value is -2.59. The lowest BCUT2D eigenvalue weighted by Crippen LogP contribution is -2.13. The van der Waals surface area contributed by atoms with Crippen LogP contribution < -0.4 is 10.2 Å². The molecule has 23 heavy (non-hydrogen) atoms. The third-order valence-corrected chi connectivity index (χ3v) is 3.78. The first-order valence-corrected chi connectivity index (χ1v) is 7.67. The second-order valence-electron chi connectivity index (χ2n) is 5.19. The molecule has 0 fully saturated rings. The van der Waals surface area contributed by atoms with Gasteiger partial charge in [-0.3, -0.25) is 0 Å². The number of nitrogens with one attached hydrogen (secondary N) is 1. The zero-order valence-electron chi connectivity index (χ0n) is 13.0. The molecule has 0 unspecified atom stereocenters. The van der Waals surface area contributed by atoms with Crippen LogP contribution in [-0.2, 0) is 0 Å². The predicted molar refractivity (Wildman–Crippen MR) is 96.0 cm³/mol. The number of halogens is 1. The molecule has 3 aromatic rings. The number of nitrogens with zero attached hydrogens (tertiary/aromatic N) is 3. The van der Waals surface area contributed by atoms with Crippen LogP contribution in [0.15, 0.2) is 60.7 Å². The Kier molecular flexibility index (Phi) is 4.44. The molecule has 0 saturated carbocycles. The monoisotopic (exact) mass is 324 g/mol. The number of anilines is 4. The molecule has 1 N–H and O–H groups in total. The minimum absolute atomic E-state index is 0.524. The topological polar surface area (TPSA) is 41.1 Å². The number of aromatic nitrogens is 2. The lowest BCUT2D eigenvalue weighted by atomic mass is 10.3. The molecule has 0 radical (unpaired) electrons. The first-order valence-electron chi connectivity index (χ1n) is 7.29. The molecule has 0 saturated heterocycles. The van der Waals surface area contributed by atoms with Crippen molar-refractivity contribution in [3.05, 3.63) is 71.4 Å². The first-order chi connectivity index (χ1) is 11.1. The van der Waals surface area contributed by atoms with Crippen molar-refractivity contribution in [1.82, 2.24) is 9.97 Å². The molecule has 1 heterocycles. The molecule has 0 aliphatic heterocycles. The molecule has 0 atom stereocenters. The summed E-state index contributed by atoms with van der Waals surface area (Å²) in [5.74, 6) is 1.34. The predicted octanol–water partition coefficient (Wildman–Crippen LogP) is 4.95. The second-order valence-corrected chi connectivity index (χ2v) is 5.60. The van der Waals surface area contributed by atoms with Gasteiger partial charge in [-0.2, -0.15) is 4.98 Å². The summed E-state index contributed by atoms with van der Waals surface area (Å²) in [6.45, 7) is 1.95. The van der Waals surface area contributed by atoms with E-state index in [4.69, 9.17) is 11.6 Å². The smallest absolute Gasteiger partial charge is 0.229 e. The Morgan fingerprint density at radius 3 is 2.39 bits per heavy atom. The van der Waals surface area contributed by atoms with E-state index in [2.05, 4.69) is 15.3 Å². The Balaban J connectivity index is 1.92. The summed E-state index contributed by atoms with van der Waals surface area (Å²) in [5, 5.41) is 3.81. The summed E-state index contributed by atoms with van der Waals surface area (Å²) >= 11 is 6.18. The molecule has 116 valence electrons. The van der Waals surface area contributed by atoms with Gasteiger partial charge in [0, 0.05) is 24.5 Å². The summed E-state index contributed by atoms with van der Waals surface area (Å²) < 4.78 is 0. The molecule has 0 aliphatic carbocycles. The number of para-hydroxylation sites is 2. The lowest BCUT2D eigenvalue weighted by molar-refractivity contribution is 1.05. The highest BCUT2D eigenvalue weighted by Gasteiger charge is 2.09. The normalized spacial score (nSPS) is 10.4. The third kappa shape index (κ3) is 3.60. The van der Waals surface area contributed by atoms with Gasteiger partial charge in [0.1, 0.15) is 5.82 Å². The molecule has 1 aromatic heterocycles. The third-order valence-electron chi connectivity index (χ3n) is 3.45. The maximum absolute atomic E-state index is 6.18. The van der Waals surface area contributed by atoms with Crippen LogP contribution in [0.2, 0.25) is 5.02 Å². The van der Waals surface area contributed by atoms with Crippen molar-refractivity contribution in [3.8, 4) is 0 Å². The maximum Gasteiger partial charge on any atom is 0.229 e. The van der Waals surface area contributed by atoms with E-state index in [1.807, 2.05) is 79.5 Å². The summed E-state index contributed by atoms with van der Waals surface area (Å²) in [6, 6.07) is 19.6. The fraction of sp³-hybridized carbons (Fsp3) is 0.111. The van der Waals surface area contributed by atoms with Gasteiger partial charge in [-0.1, -0.05) is 41.9 Å². The highest BCUT2D eigenvalue weighted by molar-refractivity contribution is 6.33. The fourth-order valence-electron chi connectivity index (χ4n) is 2.25. The first kappa shape index (κ1) is 15.3. The van der Waals surface area contributed by atoms with E-state index in [-0.39, 0.29) is 0 Å². The molecule has 0 aliphatic rings. The molecule has 2 aromatic carbocycles. The van der Waals surface area contributed by atoms with Gasteiger partial charge in [0.25, 0.3) is 0 Å². The minimum atomic E-state index is 0.524. The second kappa shape index (κ2) is 6.67. The van der Waals surface area contributed by atoms with E-state index in [1.54, 1.807) is 0 Å². The summed E-state index contributed by atoms with van der Waals surface area (Å²) in [4.78, 5) is 11.1.